The molecule has 0 radical (unpaired) electrons. The van der Waals surface area contributed by atoms with E-state index in [-0.39, 0.29) is 29.1 Å². The minimum atomic E-state index is -0.698. The van der Waals surface area contributed by atoms with E-state index in [4.69, 9.17) is 16.2 Å². The van der Waals surface area contributed by atoms with E-state index in [1.807, 2.05) is 0 Å². The van der Waals surface area contributed by atoms with Crippen LogP contribution in [0.4, 0.5) is 10.2 Å². The van der Waals surface area contributed by atoms with Crippen molar-refractivity contribution in [1.82, 2.24) is 14.7 Å². The van der Waals surface area contributed by atoms with Crippen LogP contribution < -0.4 is 16.2 Å². The van der Waals surface area contributed by atoms with Gasteiger partial charge in [-0.3, -0.25) is 9.59 Å². The van der Waals surface area contributed by atoms with Crippen molar-refractivity contribution in [3.63, 3.8) is 0 Å². The second-order valence-electron chi connectivity index (χ2n) is 8.26. The van der Waals surface area contributed by atoms with E-state index in [1.165, 1.54) is 12.1 Å². The number of amides is 2. The van der Waals surface area contributed by atoms with Crippen LogP contribution in [-0.4, -0.2) is 39.6 Å². The minimum Gasteiger partial charge on any atom is -0.454 e. The number of aromatic nitrogens is 2. The highest BCUT2D eigenvalue weighted by atomic mass is 19.1. The molecule has 1 aromatic heterocycles. The van der Waals surface area contributed by atoms with Gasteiger partial charge in [0.25, 0.3) is 5.91 Å². The Labute approximate surface area is 196 Å². The molecule has 0 spiro atoms. The van der Waals surface area contributed by atoms with Crippen LogP contribution in [0.5, 0.6) is 11.5 Å². The fourth-order valence-corrected chi connectivity index (χ4v) is 4.15. The fraction of sp³-hybridized carbons (Fsp3) is 0.240. The molecule has 3 aromatic rings. The van der Waals surface area contributed by atoms with Crippen LogP contribution in [0.1, 0.15) is 34.8 Å². The van der Waals surface area contributed by atoms with Crippen molar-refractivity contribution in [3.8, 4) is 22.8 Å². The normalized spacial score (nSPS) is 15.7. The average Bonchev–Trinajstić information content (AvgIpc) is 3.18. The maximum absolute atomic E-state index is 14.1. The van der Waals surface area contributed by atoms with Gasteiger partial charge < -0.3 is 21.1 Å². The molecule has 1 saturated heterocycles. The molecule has 9 heteroatoms. The Morgan fingerprint density at radius 1 is 1.24 bits per heavy atom. The Morgan fingerprint density at radius 3 is 2.62 bits per heavy atom. The van der Waals surface area contributed by atoms with Crippen LogP contribution in [0.3, 0.4) is 0 Å². The van der Waals surface area contributed by atoms with Gasteiger partial charge in [-0.15, -0.1) is 0 Å². The first-order chi connectivity index (χ1) is 16.3. The second-order valence-corrected chi connectivity index (χ2v) is 8.26. The monoisotopic (exact) mass is 463 g/mol. The van der Waals surface area contributed by atoms with E-state index in [0.29, 0.717) is 30.1 Å². The molecular formula is C25H26FN5O3. The Hall–Kier alpha value is -4.14. The summed E-state index contributed by atoms with van der Waals surface area (Å²) in [5, 5.41) is 4.61. The van der Waals surface area contributed by atoms with Crippen molar-refractivity contribution in [3.05, 3.63) is 72.1 Å². The zero-order valence-corrected chi connectivity index (χ0v) is 18.8. The first-order valence-corrected chi connectivity index (χ1v) is 10.9. The number of nitrogens with two attached hydrogens (primary N) is 2. The van der Waals surface area contributed by atoms with Gasteiger partial charge in [0, 0.05) is 18.7 Å². The SMILES string of the molecule is C=CC(=O)N1CCC[C@@H](n2nc(-c3ccc(Oc4ccc(C)cc4F)cc3)c(C(N)=O)c2N)C1. The van der Waals surface area contributed by atoms with E-state index < -0.39 is 11.7 Å². The van der Waals surface area contributed by atoms with Crippen molar-refractivity contribution < 1.29 is 18.7 Å². The molecule has 0 aliphatic carbocycles. The summed E-state index contributed by atoms with van der Waals surface area (Å²) in [6, 6.07) is 11.2. The Kier molecular flexibility index (Phi) is 6.36. The second kappa shape index (κ2) is 9.38. The van der Waals surface area contributed by atoms with E-state index in [1.54, 1.807) is 52.9 Å². The van der Waals surface area contributed by atoms with Gasteiger partial charge in [0.1, 0.15) is 22.8 Å². The summed E-state index contributed by atoms with van der Waals surface area (Å²) in [4.78, 5) is 26.0. The number of piperidine rings is 1. The lowest BCUT2D eigenvalue weighted by Gasteiger charge is -2.32. The number of likely N-dealkylation sites (tertiary alicyclic amines) is 1. The van der Waals surface area contributed by atoms with Crippen molar-refractivity contribution >= 4 is 17.6 Å². The molecule has 1 fully saturated rings. The molecule has 1 aliphatic rings. The van der Waals surface area contributed by atoms with Gasteiger partial charge in [-0.25, -0.2) is 9.07 Å². The summed E-state index contributed by atoms with van der Waals surface area (Å²) in [6.45, 7) is 6.37. The number of rotatable bonds is 6. The first kappa shape index (κ1) is 23.0. The Balaban J connectivity index is 1.63. The summed E-state index contributed by atoms with van der Waals surface area (Å²) in [6.07, 6.45) is 2.80. The number of benzene rings is 2. The molecule has 2 heterocycles. The first-order valence-electron chi connectivity index (χ1n) is 10.9. The summed E-state index contributed by atoms with van der Waals surface area (Å²) in [5.74, 6) is -0.626. The van der Waals surface area contributed by atoms with E-state index in [0.717, 1.165) is 18.4 Å². The molecule has 1 aliphatic heterocycles. The van der Waals surface area contributed by atoms with E-state index in [2.05, 4.69) is 11.7 Å². The third kappa shape index (κ3) is 4.50. The highest BCUT2D eigenvalue weighted by molar-refractivity contribution is 6.03. The van der Waals surface area contributed by atoms with Gasteiger partial charge in [-0.2, -0.15) is 5.10 Å². The highest BCUT2D eigenvalue weighted by Gasteiger charge is 2.29. The van der Waals surface area contributed by atoms with E-state index >= 15 is 0 Å². The number of carbonyl (C=O) groups excluding carboxylic acids is 2. The molecule has 0 bridgehead atoms. The van der Waals surface area contributed by atoms with Crippen LogP contribution in [0, 0.1) is 12.7 Å². The Bertz CT molecular complexity index is 1250. The van der Waals surface area contributed by atoms with E-state index in [9.17, 15) is 14.0 Å². The molecule has 2 amide bonds. The lowest BCUT2D eigenvalue weighted by Crippen LogP contribution is -2.40. The van der Waals surface area contributed by atoms with Gasteiger partial charge >= 0.3 is 0 Å². The minimum absolute atomic E-state index is 0.112. The van der Waals surface area contributed by atoms with Gasteiger partial charge in [0.15, 0.2) is 11.6 Å². The van der Waals surface area contributed by atoms with Crippen molar-refractivity contribution in [2.75, 3.05) is 18.8 Å². The zero-order valence-electron chi connectivity index (χ0n) is 18.8. The number of primary amides is 1. The molecule has 4 rings (SSSR count). The number of carbonyl (C=O) groups is 2. The average molecular weight is 464 g/mol. The third-order valence-corrected chi connectivity index (χ3v) is 5.87. The number of nitrogen functional groups attached to an aromatic ring is 1. The maximum atomic E-state index is 14.1. The maximum Gasteiger partial charge on any atom is 0.254 e. The lowest BCUT2D eigenvalue weighted by molar-refractivity contribution is -0.127. The van der Waals surface area contributed by atoms with Gasteiger partial charge in [-0.05, 0) is 67.8 Å². The Morgan fingerprint density at radius 2 is 1.97 bits per heavy atom. The zero-order chi connectivity index (χ0) is 24.4. The molecule has 176 valence electrons. The number of ether oxygens (including phenoxy) is 1. The lowest BCUT2D eigenvalue weighted by atomic mass is 10.1. The standard InChI is InChI=1S/C25H26FN5O3/c1-3-21(32)30-12-4-5-17(14-30)31-24(27)22(25(28)33)23(29-31)16-7-9-18(10-8-16)34-20-11-6-15(2)13-19(20)26/h3,6-11,13,17H,1,4-5,12,14,27H2,2H3,(H2,28,33)/t17-/m1/s1. The van der Waals surface area contributed by atoms with Crippen LogP contribution in [0.25, 0.3) is 11.3 Å². The summed E-state index contributed by atoms with van der Waals surface area (Å²) < 4.78 is 21.3. The predicted octanol–water partition coefficient (Wildman–Crippen LogP) is 3.82. The third-order valence-electron chi connectivity index (χ3n) is 5.87. The molecule has 8 nitrogen and oxygen atoms in total. The highest BCUT2D eigenvalue weighted by Crippen LogP contribution is 2.33. The molecule has 1 atom stereocenters. The van der Waals surface area contributed by atoms with Gasteiger partial charge in [-0.1, -0.05) is 12.6 Å². The molecular weight excluding hydrogens is 437 g/mol. The number of anilines is 1. The smallest absolute Gasteiger partial charge is 0.254 e. The topological polar surface area (TPSA) is 116 Å². The number of nitrogens with zero attached hydrogens (tertiary/aromatic N) is 3. The molecule has 34 heavy (non-hydrogen) atoms. The summed E-state index contributed by atoms with van der Waals surface area (Å²) in [5.41, 5.74) is 13.8. The van der Waals surface area contributed by atoms with Crippen molar-refractivity contribution in [2.24, 2.45) is 5.73 Å². The van der Waals surface area contributed by atoms with Gasteiger partial charge in [0.2, 0.25) is 5.91 Å². The predicted molar refractivity (Wildman–Crippen MR) is 127 cm³/mol. The fourth-order valence-electron chi connectivity index (χ4n) is 4.15. The molecule has 0 unspecified atom stereocenters. The van der Waals surface area contributed by atoms with Gasteiger partial charge in [0.05, 0.1) is 6.04 Å². The number of hydrogen-bond acceptors (Lipinski definition) is 5. The number of halogens is 1. The van der Waals surface area contributed by atoms with Crippen LogP contribution in [0.2, 0.25) is 0 Å². The summed E-state index contributed by atoms with van der Waals surface area (Å²) >= 11 is 0. The number of hydrogen-bond donors (Lipinski definition) is 2. The molecule has 2 aromatic carbocycles. The van der Waals surface area contributed by atoms with Crippen LogP contribution in [-0.2, 0) is 4.79 Å². The van der Waals surface area contributed by atoms with Crippen molar-refractivity contribution in [1.29, 1.82) is 0 Å². The molecule has 4 N–H and O–H groups in total. The van der Waals surface area contributed by atoms with Crippen LogP contribution in [0.15, 0.2) is 55.1 Å². The largest absolute Gasteiger partial charge is 0.454 e. The van der Waals surface area contributed by atoms with Crippen molar-refractivity contribution in [2.45, 2.75) is 25.8 Å². The molecule has 0 saturated carbocycles. The summed E-state index contributed by atoms with van der Waals surface area (Å²) in [7, 11) is 0. The number of aryl methyl sites for hydroxylation is 1. The van der Waals surface area contributed by atoms with Crippen LogP contribution >= 0.6 is 0 Å². The quantitative estimate of drug-likeness (QED) is 0.539.